The molecule has 1 atom stereocenters. The van der Waals surface area contributed by atoms with Gasteiger partial charge in [0.05, 0.1) is 17.2 Å². The Kier molecular flexibility index (Phi) is 4.01. The Morgan fingerprint density at radius 2 is 2.15 bits per heavy atom. The van der Waals surface area contributed by atoms with E-state index >= 15 is 0 Å². The van der Waals surface area contributed by atoms with E-state index in [9.17, 15) is 9.59 Å². The molecular formula is C14H19N3O3. The fraction of sp³-hybridized carbons (Fsp3) is 0.571. The van der Waals surface area contributed by atoms with Crippen molar-refractivity contribution in [3.63, 3.8) is 0 Å². The van der Waals surface area contributed by atoms with Crippen molar-refractivity contribution in [1.29, 1.82) is 0 Å². The van der Waals surface area contributed by atoms with Crippen LogP contribution in [0.1, 0.15) is 48.1 Å². The Labute approximate surface area is 117 Å². The molecule has 6 heteroatoms. The molecule has 1 N–H and O–H groups in total. The van der Waals surface area contributed by atoms with Crippen LogP contribution < -0.4 is 0 Å². The zero-order valence-electron chi connectivity index (χ0n) is 12.0. The average molecular weight is 277 g/mol. The molecule has 1 amide bonds. The van der Waals surface area contributed by atoms with Crippen molar-refractivity contribution in [3.8, 4) is 0 Å². The van der Waals surface area contributed by atoms with Crippen LogP contribution in [0.3, 0.4) is 0 Å². The van der Waals surface area contributed by atoms with Gasteiger partial charge in [0.25, 0.3) is 5.91 Å². The van der Waals surface area contributed by atoms with Gasteiger partial charge in [0.1, 0.15) is 5.82 Å². The minimum Gasteiger partial charge on any atom is -0.481 e. The standard InChI is InChI=1S/C14H19N3O3/c1-8(2)12-11(6-15-9(3)16-12)13(18)17-5-4-10(7-17)14(19)20/h6,8,10H,4-5,7H2,1-3H3,(H,19,20). The number of carboxylic acids is 1. The summed E-state index contributed by atoms with van der Waals surface area (Å²) in [6, 6.07) is 0. The number of hydrogen-bond donors (Lipinski definition) is 1. The maximum atomic E-state index is 12.5. The van der Waals surface area contributed by atoms with Crippen LogP contribution in [0.2, 0.25) is 0 Å². The maximum absolute atomic E-state index is 12.5. The summed E-state index contributed by atoms with van der Waals surface area (Å²) in [5.41, 5.74) is 1.21. The summed E-state index contributed by atoms with van der Waals surface area (Å²) in [6.45, 7) is 6.47. The summed E-state index contributed by atoms with van der Waals surface area (Å²) in [7, 11) is 0. The third-order valence-electron chi connectivity index (χ3n) is 3.54. The number of likely N-dealkylation sites (tertiary alicyclic amines) is 1. The number of hydrogen-bond acceptors (Lipinski definition) is 4. The highest BCUT2D eigenvalue weighted by molar-refractivity contribution is 5.95. The lowest BCUT2D eigenvalue weighted by molar-refractivity contribution is -0.141. The van der Waals surface area contributed by atoms with Gasteiger partial charge >= 0.3 is 5.97 Å². The third kappa shape index (κ3) is 2.79. The molecule has 2 rings (SSSR count). The summed E-state index contributed by atoms with van der Waals surface area (Å²) >= 11 is 0. The minimum atomic E-state index is -0.843. The Morgan fingerprint density at radius 3 is 2.70 bits per heavy atom. The van der Waals surface area contributed by atoms with Gasteiger partial charge in [0.2, 0.25) is 0 Å². The average Bonchev–Trinajstić information content (AvgIpc) is 2.87. The van der Waals surface area contributed by atoms with Crippen LogP contribution in [0.4, 0.5) is 0 Å². The van der Waals surface area contributed by atoms with E-state index in [-0.39, 0.29) is 18.4 Å². The maximum Gasteiger partial charge on any atom is 0.308 e. The van der Waals surface area contributed by atoms with Crippen molar-refractivity contribution in [1.82, 2.24) is 14.9 Å². The van der Waals surface area contributed by atoms with Gasteiger partial charge in [-0.1, -0.05) is 13.8 Å². The molecule has 1 saturated heterocycles. The summed E-state index contributed by atoms with van der Waals surface area (Å²) in [5, 5.41) is 9.00. The van der Waals surface area contributed by atoms with E-state index < -0.39 is 11.9 Å². The molecule has 1 aliphatic rings. The highest BCUT2D eigenvalue weighted by Gasteiger charge is 2.32. The molecule has 1 unspecified atom stereocenters. The normalized spacial score (nSPS) is 18.6. The number of nitrogens with zero attached hydrogens (tertiary/aromatic N) is 3. The molecule has 0 radical (unpaired) electrons. The number of aryl methyl sites for hydroxylation is 1. The summed E-state index contributed by atoms with van der Waals surface area (Å²) in [6.07, 6.45) is 2.05. The van der Waals surface area contributed by atoms with Crippen LogP contribution in [0, 0.1) is 12.8 Å². The molecule has 20 heavy (non-hydrogen) atoms. The quantitative estimate of drug-likeness (QED) is 0.904. The molecule has 2 heterocycles. The van der Waals surface area contributed by atoms with Gasteiger partial charge in [0.15, 0.2) is 0 Å². The van der Waals surface area contributed by atoms with E-state index in [1.54, 1.807) is 18.0 Å². The first-order chi connectivity index (χ1) is 9.40. The van der Waals surface area contributed by atoms with Crippen molar-refractivity contribution in [2.45, 2.75) is 33.1 Å². The number of carbonyl (C=O) groups excluding carboxylic acids is 1. The molecule has 0 aromatic carbocycles. The Hall–Kier alpha value is -1.98. The predicted molar refractivity (Wildman–Crippen MR) is 72.5 cm³/mol. The van der Waals surface area contributed by atoms with E-state index in [2.05, 4.69) is 9.97 Å². The molecule has 108 valence electrons. The van der Waals surface area contributed by atoms with Gasteiger partial charge in [-0.05, 0) is 19.3 Å². The van der Waals surface area contributed by atoms with Crippen LogP contribution in [-0.4, -0.2) is 44.9 Å². The molecule has 1 aromatic heterocycles. The van der Waals surface area contributed by atoms with Crippen molar-refractivity contribution >= 4 is 11.9 Å². The highest BCUT2D eigenvalue weighted by Crippen LogP contribution is 2.22. The molecule has 0 aliphatic carbocycles. The lowest BCUT2D eigenvalue weighted by Crippen LogP contribution is -2.31. The van der Waals surface area contributed by atoms with Crippen LogP contribution in [0.15, 0.2) is 6.20 Å². The molecule has 0 spiro atoms. The second kappa shape index (κ2) is 5.56. The SMILES string of the molecule is Cc1ncc(C(=O)N2CCC(C(=O)O)C2)c(C(C)C)n1. The summed E-state index contributed by atoms with van der Waals surface area (Å²) in [4.78, 5) is 33.5. The molecule has 6 nitrogen and oxygen atoms in total. The Morgan fingerprint density at radius 1 is 1.45 bits per heavy atom. The molecule has 0 bridgehead atoms. The van der Waals surface area contributed by atoms with Crippen LogP contribution in [0.5, 0.6) is 0 Å². The van der Waals surface area contributed by atoms with Crippen LogP contribution in [0.25, 0.3) is 0 Å². The molecule has 1 aliphatic heterocycles. The van der Waals surface area contributed by atoms with Gasteiger partial charge in [-0.2, -0.15) is 0 Å². The van der Waals surface area contributed by atoms with Gasteiger partial charge in [-0.25, -0.2) is 9.97 Å². The van der Waals surface area contributed by atoms with E-state index in [0.717, 1.165) is 5.69 Å². The topological polar surface area (TPSA) is 83.4 Å². The van der Waals surface area contributed by atoms with E-state index in [1.165, 1.54) is 0 Å². The fourth-order valence-electron chi connectivity index (χ4n) is 2.41. The largest absolute Gasteiger partial charge is 0.481 e. The van der Waals surface area contributed by atoms with Crippen molar-refractivity contribution in [3.05, 3.63) is 23.3 Å². The highest BCUT2D eigenvalue weighted by atomic mass is 16.4. The second-order valence-corrected chi connectivity index (χ2v) is 5.45. The minimum absolute atomic E-state index is 0.119. The number of carboxylic acid groups (broad SMARTS) is 1. The molecular weight excluding hydrogens is 258 g/mol. The first kappa shape index (κ1) is 14.4. The molecule has 1 fully saturated rings. The first-order valence-electron chi connectivity index (χ1n) is 6.75. The Balaban J connectivity index is 2.24. The van der Waals surface area contributed by atoms with Crippen LogP contribution >= 0.6 is 0 Å². The van der Waals surface area contributed by atoms with Crippen LogP contribution in [-0.2, 0) is 4.79 Å². The van der Waals surface area contributed by atoms with Gasteiger partial charge in [-0.3, -0.25) is 9.59 Å². The van der Waals surface area contributed by atoms with E-state index in [4.69, 9.17) is 5.11 Å². The number of rotatable bonds is 3. The van der Waals surface area contributed by atoms with Crippen molar-refractivity contribution in [2.75, 3.05) is 13.1 Å². The lowest BCUT2D eigenvalue weighted by Gasteiger charge is -2.18. The van der Waals surface area contributed by atoms with Gasteiger partial charge < -0.3 is 10.0 Å². The number of aromatic nitrogens is 2. The number of aliphatic carboxylic acids is 1. The zero-order chi connectivity index (χ0) is 14.9. The van der Waals surface area contributed by atoms with Crippen molar-refractivity contribution in [2.24, 2.45) is 5.92 Å². The molecule has 1 aromatic rings. The fourth-order valence-corrected chi connectivity index (χ4v) is 2.41. The number of carbonyl (C=O) groups is 2. The molecule has 0 saturated carbocycles. The van der Waals surface area contributed by atoms with Gasteiger partial charge in [0, 0.05) is 19.3 Å². The van der Waals surface area contributed by atoms with Crippen molar-refractivity contribution < 1.29 is 14.7 Å². The second-order valence-electron chi connectivity index (χ2n) is 5.45. The third-order valence-corrected chi connectivity index (χ3v) is 3.54. The summed E-state index contributed by atoms with van der Waals surface area (Å²) in [5.74, 6) is -0.724. The first-order valence-corrected chi connectivity index (χ1v) is 6.75. The zero-order valence-corrected chi connectivity index (χ0v) is 12.0. The van der Waals surface area contributed by atoms with E-state index in [1.807, 2.05) is 13.8 Å². The van der Waals surface area contributed by atoms with E-state index in [0.29, 0.717) is 24.4 Å². The predicted octanol–water partition coefficient (Wildman–Crippen LogP) is 1.46. The smallest absolute Gasteiger partial charge is 0.308 e. The number of amides is 1. The Bertz CT molecular complexity index is 542. The monoisotopic (exact) mass is 277 g/mol. The lowest BCUT2D eigenvalue weighted by atomic mass is 10.0. The van der Waals surface area contributed by atoms with Gasteiger partial charge in [-0.15, -0.1) is 0 Å². The summed E-state index contributed by atoms with van der Waals surface area (Å²) < 4.78 is 0.